The van der Waals surface area contributed by atoms with Crippen LogP contribution in [-0.4, -0.2) is 18.9 Å². The molecular weight excluding hydrogens is 238 g/mol. The van der Waals surface area contributed by atoms with Crippen molar-refractivity contribution in [3.8, 4) is 5.75 Å². The maximum Gasteiger partial charge on any atom is 0.298 e. The van der Waals surface area contributed by atoms with Crippen LogP contribution < -0.4 is 10.1 Å². The van der Waals surface area contributed by atoms with Crippen molar-refractivity contribution in [3.05, 3.63) is 42.2 Å². The van der Waals surface area contributed by atoms with Gasteiger partial charge in [-0.2, -0.15) is 0 Å². The minimum Gasteiger partial charge on any atom is -0.437 e. The van der Waals surface area contributed by atoms with E-state index in [1.165, 1.54) is 0 Å². The Morgan fingerprint density at radius 2 is 1.89 bits per heavy atom. The number of ether oxygens (including phenoxy) is 2. The molecule has 0 heterocycles. The van der Waals surface area contributed by atoms with Gasteiger partial charge in [-0.25, -0.2) is 0 Å². The first-order valence-electron chi connectivity index (χ1n) is 4.99. The molecule has 1 rings (SSSR count). The molecule has 0 aliphatic carbocycles. The third-order valence-corrected chi connectivity index (χ3v) is 1.93. The predicted octanol–water partition coefficient (Wildman–Crippen LogP) is 0.525. The fourth-order valence-electron chi connectivity index (χ4n) is 1.12. The van der Waals surface area contributed by atoms with Crippen molar-refractivity contribution in [1.82, 2.24) is 5.32 Å². The Bertz CT molecular complexity index is 438. The molecule has 0 aromatic heterocycles. The van der Waals surface area contributed by atoms with Crippen LogP contribution >= 0.6 is 0 Å². The summed E-state index contributed by atoms with van der Waals surface area (Å²) in [6.07, 6.45) is 2.08. The van der Waals surface area contributed by atoms with Crippen molar-refractivity contribution >= 4 is 18.9 Å². The molecule has 0 saturated carbocycles. The summed E-state index contributed by atoms with van der Waals surface area (Å²) in [7, 11) is 0. The van der Waals surface area contributed by atoms with Crippen molar-refractivity contribution < 1.29 is 23.9 Å². The topological polar surface area (TPSA) is 81.7 Å². The van der Waals surface area contributed by atoms with Crippen molar-refractivity contribution in [1.29, 1.82) is 0 Å². The van der Waals surface area contributed by atoms with E-state index in [2.05, 4.69) is 14.8 Å². The maximum absolute atomic E-state index is 11.2. The number of rotatable bonds is 7. The second-order valence-electron chi connectivity index (χ2n) is 3.11. The normalized spacial score (nSPS) is 9.78. The number of carbonyl (C=O) groups is 3. The van der Waals surface area contributed by atoms with Crippen LogP contribution in [0.4, 0.5) is 0 Å². The number of carbonyl (C=O) groups excluding carboxylic acids is 3. The highest BCUT2D eigenvalue weighted by molar-refractivity contribution is 5.87. The van der Waals surface area contributed by atoms with Crippen LogP contribution in [-0.2, 0) is 25.7 Å². The number of hydrogen-bond acceptors (Lipinski definition) is 5. The molecule has 0 radical (unpaired) electrons. The number of amides is 1. The molecule has 94 valence electrons. The number of benzene rings is 1. The molecule has 0 atom stereocenters. The molecular formula is C12H11NO5. The summed E-state index contributed by atoms with van der Waals surface area (Å²) in [5.41, 5.74) is 0.839. The molecule has 0 aliphatic rings. The molecule has 0 aliphatic heterocycles. The zero-order valence-corrected chi connectivity index (χ0v) is 9.37. The molecule has 0 unspecified atom stereocenters. The monoisotopic (exact) mass is 249 g/mol. The Morgan fingerprint density at radius 3 is 2.50 bits per heavy atom. The minimum absolute atomic E-state index is 0.218. The zero-order valence-electron chi connectivity index (χ0n) is 9.37. The summed E-state index contributed by atoms with van der Waals surface area (Å²) < 4.78 is 8.85. The van der Waals surface area contributed by atoms with E-state index >= 15 is 0 Å². The molecule has 0 fully saturated rings. The Labute approximate surface area is 103 Å². The Kier molecular flexibility index (Phi) is 5.68. The van der Waals surface area contributed by atoms with Gasteiger partial charge in [0.25, 0.3) is 12.9 Å². The molecule has 1 aromatic rings. The third kappa shape index (κ3) is 4.93. The highest BCUT2D eigenvalue weighted by Gasteiger charge is 1.98. The van der Waals surface area contributed by atoms with Crippen molar-refractivity contribution in [2.75, 3.05) is 0 Å². The van der Waals surface area contributed by atoms with Crippen molar-refractivity contribution in [2.24, 2.45) is 0 Å². The Balaban J connectivity index is 2.41. The lowest BCUT2D eigenvalue weighted by atomic mass is 10.2. The average molecular weight is 249 g/mol. The van der Waals surface area contributed by atoms with Gasteiger partial charge in [-0.15, -0.1) is 0 Å². The second-order valence-corrected chi connectivity index (χ2v) is 3.11. The predicted molar refractivity (Wildman–Crippen MR) is 61.3 cm³/mol. The maximum atomic E-state index is 11.2. The van der Waals surface area contributed by atoms with E-state index in [1.807, 2.05) is 0 Å². The SMILES string of the molecule is O=CO/C=C\C(=O)NCc1ccc(OC=O)cc1. The van der Waals surface area contributed by atoms with Crippen LogP contribution in [0.15, 0.2) is 36.6 Å². The van der Waals surface area contributed by atoms with Gasteiger partial charge in [0.15, 0.2) is 0 Å². The van der Waals surface area contributed by atoms with Crippen LogP contribution in [0.5, 0.6) is 5.75 Å². The molecule has 0 bridgehead atoms. The zero-order chi connectivity index (χ0) is 13.2. The fourth-order valence-corrected chi connectivity index (χ4v) is 1.12. The molecule has 0 spiro atoms. The molecule has 18 heavy (non-hydrogen) atoms. The van der Waals surface area contributed by atoms with Gasteiger partial charge in [-0.3, -0.25) is 14.4 Å². The Hall–Kier alpha value is -2.63. The molecule has 6 heteroatoms. The summed E-state index contributed by atoms with van der Waals surface area (Å²) in [6.45, 7) is 0.871. The van der Waals surface area contributed by atoms with E-state index in [0.717, 1.165) is 17.9 Å². The van der Waals surface area contributed by atoms with Gasteiger partial charge < -0.3 is 14.8 Å². The van der Waals surface area contributed by atoms with Crippen LogP contribution in [0.3, 0.4) is 0 Å². The average Bonchev–Trinajstić information content (AvgIpc) is 2.39. The summed E-state index contributed by atoms with van der Waals surface area (Å²) in [4.78, 5) is 31.1. The van der Waals surface area contributed by atoms with Gasteiger partial charge in [-0.1, -0.05) is 12.1 Å². The molecule has 0 saturated heterocycles. The lowest BCUT2D eigenvalue weighted by Crippen LogP contribution is -2.20. The highest BCUT2D eigenvalue weighted by Crippen LogP contribution is 2.10. The Morgan fingerprint density at radius 1 is 1.17 bits per heavy atom. The summed E-state index contributed by atoms with van der Waals surface area (Å²) in [6, 6.07) is 6.65. The van der Waals surface area contributed by atoms with E-state index < -0.39 is 0 Å². The van der Waals surface area contributed by atoms with Gasteiger partial charge in [-0.05, 0) is 17.7 Å². The summed E-state index contributed by atoms with van der Waals surface area (Å²) in [5.74, 6) is 0.0458. The van der Waals surface area contributed by atoms with E-state index in [1.54, 1.807) is 24.3 Å². The van der Waals surface area contributed by atoms with E-state index in [4.69, 9.17) is 0 Å². The molecule has 6 nitrogen and oxygen atoms in total. The largest absolute Gasteiger partial charge is 0.437 e. The fraction of sp³-hybridized carbons (Fsp3) is 0.0833. The van der Waals surface area contributed by atoms with Gasteiger partial charge >= 0.3 is 0 Å². The third-order valence-electron chi connectivity index (χ3n) is 1.93. The van der Waals surface area contributed by atoms with Gasteiger partial charge in [0.2, 0.25) is 5.91 Å². The summed E-state index contributed by atoms with van der Waals surface area (Å²) in [5, 5.41) is 2.58. The smallest absolute Gasteiger partial charge is 0.298 e. The summed E-state index contributed by atoms with van der Waals surface area (Å²) >= 11 is 0. The van der Waals surface area contributed by atoms with Gasteiger partial charge in [0.1, 0.15) is 5.75 Å². The highest BCUT2D eigenvalue weighted by atomic mass is 16.5. The second kappa shape index (κ2) is 7.61. The van der Waals surface area contributed by atoms with Crippen LogP contribution in [0.2, 0.25) is 0 Å². The number of nitrogens with one attached hydrogen (secondary N) is 1. The first kappa shape index (κ1) is 13.4. The lowest BCUT2D eigenvalue weighted by molar-refractivity contribution is -0.124. The van der Waals surface area contributed by atoms with Crippen LogP contribution in [0, 0.1) is 0 Å². The lowest BCUT2D eigenvalue weighted by Gasteiger charge is -2.03. The first-order chi connectivity index (χ1) is 8.76. The number of hydrogen-bond donors (Lipinski definition) is 1. The molecule has 1 amide bonds. The van der Waals surface area contributed by atoms with Crippen molar-refractivity contribution in [3.63, 3.8) is 0 Å². The standard InChI is InChI=1S/C12H11NO5/c14-8-17-6-5-12(16)13-7-10-1-3-11(4-2-10)18-9-15/h1-6,8-9H,7H2,(H,13,16)/b6-5-. The first-order valence-corrected chi connectivity index (χ1v) is 4.99. The van der Waals surface area contributed by atoms with Crippen LogP contribution in [0.25, 0.3) is 0 Å². The van der Waals surface area contributed by atoms with Crippen LogP contribution in [0.1, 0.15) is 5.56 Å². The molecule has 1 N–H and O–H groups in total. The molecule has 1 aromatic carbocycles. The minimum atomic E-state index is -0.384. The quantitative estimate of drug-likeness (QED) is 0.433. The van der Waals surface area contributed by atoms with Gasteiger partial charge in [0.05, 0.1) is 6.26 Å². The van der Waals surface area contributed by atoms with E-state index in [9.17, 15) is 14.4 Å². The van der Waals surface area contributed by atoms with Gasteiger partial charge in [0, 0.05) is 12.6 Å². The van der Waals surface area contributed by atoms with E-state index in [0.29, 0.717) is 18.8 Å². The van der Waals surface area contributed by atoms with Crippen molar-refractivity contribution in [2.45, 2.75) is 6.54 Å². The van der Waals surface area contributed by atoms with E-state index in [-0.39, 0.29) is 12.4 Å².